The summed E-state index contributed by atoms with van der Waals surface area (Å²) in [5, 5.41) is 9.71. The number of esters is 1. The van der Waals surface area contributed by atoms with E-state index in [-0.39, 0.29) is 22.8 Å². The number of hydrogen-bond acceptors (Lipinski definition) is 4. The van der Waals surface area contributed by atoms with E-state index in [0.717, 1.165) is 13.2 Å². The lowest BCUT2D eigenvalue weighted by Gasteiger charge is -2.29. The molecule has 0 saturated heterocycles. The number of halogens is 5. The summed E-state index contributed by atoms with van der Waals surface area (Å²) in [6, 6.07) is 2.37. The van der Waals surface area contributed by atoms with Crippen molar-refractivity contribution in [1.29, 1.82) is 0 Å². The maximum atomic E-state index is 14.0. The van der Waals surface area contributed by atoms with Gasteiger partial charge in [0, 0.05) is 12.0 Å². The van der Waals surface area contributed by atoms with E-state index in [1.807, 2.05) is 0 Å². The van der Waals surface area contributed by atoms with Gasteiger partial charge in [-0.15, -0.1) is 0 Å². The van der Waals surface area contributed by atoms with Crippen LogP contribution in [0.1, 0.15) is 25.8 Å². The Labute approximate surface area is 147 Å². The molecule has 4 nitrogen and oxygen atoms in total. The van der Waals surface area contributed by atoms with Gasteiger partial charge in [0.15, 0.2) is 11.6 Å². The zero-order valence-electron chi connectivity index (χ0n) is 13.7. The minimum absolute atomic E-state index is 0.0705. The Balaban J connectivity index is 3.42. The lowest BCUT2D eigenvalue weighted by molar-refractivity contribution is -0.260. The largest absolute Gasteiger partial charge is 0.493 e. The summed E-state index contributed by atoms with van der Waals surface area (Å²) >= 11 is 5.63. The Kier molecular flexibility index (Phi) is 6.84. The molecule has 140 valence electrons. The van der Waals surface area contributed by atoms with Crippen LogP contribution in [0.25, 0.3) is 5.57 Å². The highest BCUT2D eigenvalue weighted by Gasteiger charge is 2.61. The first-order valence-corrected chi connectivity index (χ1v) is 7.55. The van der Waals surface area contributed by atoms with Gasteiger partial charge in [-0.05, 0) is 31.6 Å². The first-order valence-electron chi connectivity index (χ1n) is 7.17. The second kappa shape index (κ2) is 8.05. The van der Waals surface area contributed by atoms with Crippen molar-refractivity contribution in [3.05, 3.63) is 34.6 Å². The number of allylic oxidation sites excluding steroid dienone is 1. The van der Waals surface area contributed by atoms with Gasteiger partial charge in [-0.3, -0.25) is 0 Å². The fourth-order valence-corrected chi connectivity index (χ4v) is 2.30. The van der Waals surface area contributed by atoms with E-state index in [9.17, 15) is 27.5 Å². The van der Waals surface area contributed by atoms with Crippen LogP contribution in [0, 0.1) is 5.82 Å². The number of alkyl halides is 3. The molecule has 0 bridgehead atoms. The minimum atomic E-state index is -5.30. The van der Waals surface area contributed by atoms with Crippen LogP contribution in [0.4, 0.5) is 17.6 Å². The van der Waals surface area contributed by atoms with Crippen LogP contribution in [0.3, 0.4) is 0 Å². The number of carbonyl (C=O) groups excluding carboxylic acids is 1. The normalized spacial score (nSPS) is 14.8. The highest BCUT2D eigenvalue weighted by Crippen LogP contribution is 2.42. The van der Waals surface area contributed by atoms with Gasteiger partial charge in [-0.1, -0.05) is 17.7 Å². The topological polar surface area (TPSA) is 55.8 Å². The summed E-state index contributed by atoms with van der Waals surface area (Å²) in [5.74, 6) is -3.20. The van der Waals surface area contributed by atoms with Crippen LogP contribution >= 0.6 is 11.6 Å². The monoisotopic (exact) mass is 384 g/mol. The highest BCUT2D eigenvalue weighted by molar-refractivity contribution is 6.31. The molecule has 25 heavy (non-hydrogen) atoms. The number of methoxy groups -OCH3 is 1. The standard InChI is InChI=1S/C16H17ClF4O4/c1-4-9(10-6-7-11(17)12(18)13(10)24-3)8-15(23,16(19,20)21)14(22)25-5-2/h4,6-7,23H,5,8H2,1-3H3. The number of carbonyl (C=O) groups is 1. The van der Waals surface area contributed by atoms with Crippen LogP contribution in [0.15, 0.2) is 18.2 Å². The van der Waals surface area contributed by atoms with Crippen molar-refractivity contribution in [1.82, 2.24) is 0 Å². The second-order valence-electron chi connectivity index (χ2n) is 5.01. The lowest BCUT2D eigenvalue weighted by Crippen LogP contribution is -2.53. The molecule has 0 amide bonds. The van der Waals surface area contributed by atoms with Gasteiger partial charge in [0.05, 0.1) is 18.7 Å². The third-order valence-electron chi connectivity index (χ3n) is 3.48. The van der Waals surface area contributed by atoms with Crippen molar-refractivity contribution in [3.63, 3.8) is 0 Å². The number of aliphatic hydroxyl groups is 1. The summed E-state index contributed by atoms with van der Waals surface area (Å²) < 4.78 is 63.2. The van der Waals surface area contributed by atoms with Crippen LogP contribution in [-0.2, 0) is 9.53 Å². The highest BCUT2D eigenvalue weighted by atomic mass is 35.5. The molecule has 0 heterocycles. The molecule has 1 unspecified atom stereocenters. The van der Waals surface area contributed by atoms with Gasteiger partial charge in [-0.25, -0.2) is 9.18 Å². The molecule has 1 aromatic carbocycles. The lowest BCUT2D eigenvalue weighted by atomic mass is 9.89. The third-order valence-corrected chi connectivity index (χ3v) is 3.77. The second-order valence-corrected chi connectivity index (χ2v) is 5.42. The van der Waals surface area contributed by atoms with Crippen molar-refractivity contribution in [3.8, 4) is 5.75 Å². The van der Waals surface area contributed by atoms with Gasteiger partial charge >= 0.3 is 12.1 Å². The Morgan fingerprint density at radius 1 is 1.36 bits per heavy atom. The summed E-state index contributed by atoms with van der Waals surface area (Å²) in [7, 11) is 1.12. The number of ether oxygens (including phenoxy) is 2. The molecule has 0 fully saturated rings. The summed E-state index contributed by atoms with van der Waals surface area (Å²) in [6.45, 7) is 2.34. The molecule has 9 heteroatoms. The average molecular weight is 385 g/mol. The quantitative estimate of drug-likeness (QED) is 0.591. The number of hydrogen-bond donors (Lipinski definition) is 1. The van der Waals surface area contributed by atoms with E-state index in [4.69, 9.17) is 16.3 Å². The van der Waals surface area contributed by atoms with E-state index < -0.39 is 35.7 Å². The SMILES string of the molecule is CC=C(CC(O)(C(=O)OCC)C(F)(F)F)c1ccc(Cl)c(F)c1OC. The molecule has 1 rings (SSSR count). The summed E-state index contributed by atoms with van der Waals surface area (Å²) in [6.07, 6.45) is -5.27. The third kappa shape index (κ3) is 4.24. The first kappa shape index (κ1) is 21.2. The molecular formula is C16H17ClF4O4. The molecule has 0 aliphatic carbocycles. The predicted octanol–water partition coefficient (Wildman–Crippen LogP) is 4.14. The van der Waals surface area contributed by atoms with Crippen molar-refractivity contribution < 1.29 is 36.9 Å². The Morgan fingerprint density at radius 3 is 2.40 bits per heavy atom. The van der Waals surface area contributed by atoms with Gasteiger partial charge < -0.3 is 14.6 Å². The van der Waals surface area contributed by atoms with Gasteiger partial charge in [0.2, 0.25) is 0 Å². The van der Waals surface area contributed by atoms with Crippen LogP contribution in [0.2, 0.25) is 5.02 Å². The fourth-order valence-electron chi connectivity index (χ4n) is 2.15. The fraction of sp³-hybridized carbons (Fsp3) is 0.438. The molecule has 1 N–H and O–H groups in total. The molecule has 0 aromatic heterocycles. The van der Waals surface area contributed by atoms with Crippen molar-refractivity contribution >= 4 is 23.1 Å². The molecule has 0 spiro atoms. The molecular weight excluding hydrogens is 368 g/mol. The van der Waals surface area contributed by atoms with Crippen LogP contribution in [-0.4, -0.2) is 36.6 Å². The van der Waals surface area contributed by atoms with Gasteiger partial charge in [0.25, 0.3) is 5.60 Å². The molecule has 1 atom stereocenters. The number of rotatable bonds is 6. The molecule has 0 aliphatic heterocycles. The summed E-state index contributed by atoms with van der Waals surface area (Å²) in [5.41, 5.74) is -4.02. The van der Waals surface area contributed by atoms with Gasteiger partial charge in [0.1, 0.15) is 0 Å². The molecule has 0 saturated carbocycles. The smallest absolute Gasteiger partial charge is 0.428 e. The Morgan fingerprint density at radius 2 is 1.96 bits per heavy atom. The van der Waals surface area contributed by atoms with E-state index in [1.54, 1.807) is 0 Å². The number of benzene rings is 1. The van der Waals surface area contributed by atoms with Gasteiger partial charge in [-0.2, -0.15) is 13.2 Å². The minimum Gasteiger partial charge on any atom is -0.493 e. The van der Waals surface area contributed by atoms with Crippen LogP contribution < -0.4 is 4.74 Å². The van der Waals surface area contributed by atoms with Crippen molar-refractivity contribution in [2.24, 2.45) is 0 Å². The van der Waals surface area contributed by atoms with E-state index in [2.05, 4.69) is 4.74 Å². The zero-order chi connectivity index (χ0) is 19.4. The Hall–Kier alpha value is -1.80. The maximum Gasteiger partial charge on any atom is 0.428 e. The summed E-state index contributed by atoms with van der Waals surface area (Å²) in [4.78, 5) is 11.7. The Bertz CT molecular complexity index is 673. The predicted molar refractivity (Wildman–Crippen MR) is 83.9 cm³/mol. The molecule has 0 radical (unpaired) electrons. The van der Waals surface area contributed by atoms with Crippen molar-refractivity contribution in [2.45, 2.75) is 32.0 Å². The molecule has 0 aliphatic rings. The van der Waals surface area contributed by atoms with Crippen molar-refractivity contribution in [2.75, 3.05) is 13.7 Å². The zero-order valence-corrected chi connectivity index (χ0v) is 14.5. The van der Waals surface area contributed by atoms with Crippen LogP contribution in [0.5, 0.6) is 5.75 Å². The first-order chi connectivity index (χ1) is 11.5. The maximum absolute atomic E-state index is 14.0. The van der Waals surface area contributed by atoms with E-state index in [1.165, 1.54) is 26.0 Å². The molecule has 1 aromatic rings. The average Bonchev–Trinajstić information content (AvgIpc) is 2.54. The van der Waals surface area contributed by atoms with E-state index in [0.29, 0.717) is 0 Å². The van der Waals surface area contributed by atoms with E-state index >= 15 is 0 Å².